The van der Waals surface area contributed by atoms with E-state index >= 15 is 0 Å². The van der Waals surface area contributed by atoms with Crippen LogP contribution in [0.15, 0.2) is 30.6 Å². The van der Waals surface area contributed by atoms with Crippen molar-refractivity contribution in [1.82, 2.24) is 25.5 Å². The van der Waals surface area contributed by atoms with Crippen LogP contribution in [-0.4, -0.2) is 26.2 Å². The molecule has 0 saturated carbocycles. The summed E-state index contributed by atoms with van der Waals surface area (Å²) in [6.07, 6.45) is 4.04. The minimum atomic E-state index is 0.303. The van der Waals surface area contributed by atoms with Crippen LogP contribution in [-0.2, 0) is 0 Å². The van der Waals surface area contributed by atoms with Crippen molar-refractivity contribution in [1.29, 1.82) is 0 Å². The molecule has 2 aromatic rings. The second kappa shape index (κ2) is 7.31. The normalized spacial score (nSPS) is 14.3. The van der Waals surface area contributed by atoms with Crippen LogP contribution in [0.1, 0.15) is 52.1 Å². The summed E-state index contributed by atoms with van der Waals surface area (Å²) < 4.78 is 1.68. The predicted molar refractivity (Wildman–Crippen MR) is 84.2 cm³/mol. The minimum Gasteiger partial charge on any atom is -0.307 e. The Balaban J connectivity index is 2.09. The zero-order valence-corrected chi connectivity index (χ0v) is 13.3. The van der Waals surface area contributed by atoms with Crippen LogP contribution >= 0.6 is 0 Å². The van der Waals surface area contributed by atoms with Crippen LogP contribution < -0.4 is 5.32 Å². The molecule has 1 heterocycles. The van der Waals surface area contributed by atoms with Gasteiger partial charge in [0.15, 0.2) is 0 Å². The van der Waals surface area contributed by atoms with Crippen LogP contribution in [0.2, 0.25) is 0 Å². The van der Waals surface area contributed by atoms with Crippen LogP contribution in [0.3, 0.4) is 0 Å². The van der Waals surface area contributed by atoms with Crippen molar-refractivity contribution in [3.8, 4) is 5.69 Å². The van der Waals surface area contributed by atoms with Gasteiger partial charge in [-0.1, -0.05) is 38.8 Å². The van der Waals surface area contributed by atoms with Gasteiger partial charge in [0.1, 0.15) is 6.33 Å². The first kappa shape index (κ1) is 15.6. The maximum atomic E-state index is 3.94. The lowest BCUT2D eigenvalue weighted by Gasteiger charge is -2.26. The van der Waals surface area contributed by atoms with Gasteiger partial charge in [-0.2, -0.15) is 0 Å². The van der Waals surface area contributed by atoms with Gasteiger partial charge in [-0.25, -0.2) is 4.68 Å². The van der Waals surface area contributed by atoms with Gasteiger partial charge in [0.05, 0.1) is 5.69 Å². The highest BCUT2D eigenvalue weighted by Gasteiger charge is 2.16. The van der Waals surface area contributed by atoms with E-state index in [2.05, 4.69) is 60.7 Å². The van der Waals surface area contributed by atoms with Crippen LogP contribution in [0.4, 0.5) is 0 Å². The van der Waals surface area contributed by atoms with E-state index < -0.39 is 0 Å². The minimum absolute atomic E-state index is 0.303. The van der Waals surface area contributed by atoms with E-state index in [4.69, 9.17) is 0 Å². The highest BCUT2D eigenvalue weighted by molar-refractivity contribution is 5.35. The molecule has 0 aliphatic carbocycles. The summed E-state index contributed by atoms with van der Waals surface area (Å²) in [5, 5.41) is 15.0. The van der Waals surface area contributed by atoms with Crippen LogP contribution in [0, 0.1) is 5.92 Å². The van der Waals surface area contributed by atoms with Crippen molar-refractivity contribution in [2.75, 3.05) is 0 Å². The topological polar surface area (TPSA) is 55.6 Å². The van der Waals surface area contributed by atoms with Crippen LogP contribution in [0.5, 0.6) is 0 Å². The second-order valence-electron chi connectivity index (χ2n) is 5.60. The molecule has 21 heavy (non-hydrogen) atoms. The molecule has 114 valence electrons. The summed E-state index contributed by atoms with van der Waals surface area (Å²) in [5.74, 6) is 0.718. The number of rotatable bonds is 7. The van der Waals surface area contributed by atoms with Gasteiger partial charge in [-0.15, -0.1) is 5.10 Å². The van der Waals surface area contributed by atoms with Gasteiger partial charge in [0, 0.05) is 12.1 Å². The van der Waals surface area contributed by atoms with Gasteiger partial charge in [0.25, 0.3) is 0 Å². The summed E-state index contributed by atoms with van der Waals surface area (Å²) in [7, 11) is 0. The summed E-state index contributed by atoms with van der Waals surface area (Å²) in [4.78, 5) is 0. The molecule has 0 amide bonds. The Bertz CT molecular complexity index is 533. The van der Waals surface area contributed by atoms with Crippen molar-refractivity contribution in [3.05, 3.63) is 36.2 Å². The maximum absolute atomic E-state index is 3.94. The Hall–Kier alpha value is -1.75. The number of benzene rings is 1. The van der Waals surface area contributed by atoms with Gasteiger partial charge in [-0.3, -0.25) is 0 Å². The van der Waals surface area contributed by atoms with Gasteiger partial charge < -0.3 is 5.32 Å². The molecule has 5 heteroatoms. The zero-order chi connectivity index (χ0) is 15.2. The predicted octanol–water partition coefficient (Wildman–Crippen LogP) is 3.14. The van der Waals surface area contributed by atoms with Gasteiger partial charge >= 0.3 is 0 Å². The first-order valence-electron chi connectivity index (χ1n) is 7.75. The molecule has 1 aromatic carbocycles. The van der Waals surface area contributed by atoms with Crippen molar-refractivity contribution >= 4 is 0 Å². The Labute approximate surface area is 126 Å². The Morgan fingerprint density at radius 3 is 2.57 bits per heavy atom. The third kappa shape index (κ3) is 3.88. The third-order valence-corrected chi connectivity index (χ3v) is 4.25. The standard InChI is InChI=1S/C16H25N5/c1-5-14(6-2)12(3)18-13(4)15-8-7-9-16(10-15)21-11-17-19-20-21/h7-14,18H,5-6H2,1-4H3. The number of nitrogens with one attached hydrogen (secondary N) is 1. The lowest BCUT2D eigenvalue weighted by atomic mass is 9.94. The average molecular weight is 287 g/mol. The molecule has 0 aliphatic heterocycles. The zero-order valence-electron chi connectivity index (χ0n) is 13.3. The van der Waals surface area contributed by atoms with Gasteiger partial charge in [-0.05, 0) is 47.9 Å². The summed E-state index contributed by atoms with van der Waals surface area (Å²) in [5.41, 5.74) is 2.24. The molecular weight excluding hydrogens is 262 g/mol. The fourth-order valence-corrected chi connectivity index (χ4v) is 2.84. The summed E-state index contributed by atoms with van der Waals surface area (Å²) >= 11 is 0. The molecule has 2 rings (SSSR count). The van der Waals surface area contributed by atoms with E-state index in [0.29, 0.717) is 12.1 Å². The van der Waals surface area contributed by atoms with E-state index in [1.54, 1.807) is 11.0 Å². The fourth-order valence-electron chi connectivity index (χ4n) is 2.84. The number of nitrogens with zero attached hydrogens (tertiary/aromatic N) is 4. The molecule has 2 unspecified atom stereocenters. The Morgan fingerprint density at radius 2 is 1.95 bits per heavy atom. The Kier molecular flexibility index (Phi) is 5.44. The van der Waals surface area contributed by atoms with Gasteiger partial charge in [0.2, 0.25) is 0 Å². The lowest BCUT2D eigenvalue weighted by Crippen LogP contribution is -2.35. The maximum Gasteiger partial charge on any atom is 0.143 e. The SMILES string of the molecule is CCC(CC)C(C)NC(C)c1cccc(-n2cnnn2)c1. The number of hydrogen-bond acceptors (Lipinski definition) is 4. The monoisotopic (exact) mass is 287 g/mol. The molecule has 0 radical (unpaired) electrons. The molecule has 1 aromatic heterocycles. The van der Waals surface area contributed by atoms with E-state index in [9.17, 15) is 0 Å². The number of tetrazole rings is 1. The van der Waals surface area contributed by atoms with E-state index in [0.717, 1.165) is 11.6 Å². The first-order chi connectivity index (χ1) is 10.2. The quantitative estimate of drug-likeness (QED) is 0.850. The smallest absolute Gasteiger partial charge is 0.143 e. The number of aromatic nitrogens is 4. The second-order valence-corrected chi connectivity index (χ2v) is 5.60. The molecule has 0 fully saturated rings. The molecule has 0 bridgehead atoms. The van der Waals surface area contributed by atoms with E-state index in [-0.39, 0.29) is 0 Å². The number of hydrogen-bond donors (Lipinski definition) is 1. The average Bonchev–Trinajstić information content (AvgIpc) is 3.03. The molecule has 0 saturated heterocycles. The van der Waals surface area contributed by atoms with E-state index in [1.807, 2.05) is 12.1 Å². The molecule has 2 atom stereocenters. The molecular formula is C16H25N5. The fraction of sp³-hybridized carbons (Fsp3) is 0.562. The molecule has 1 N–H and O–H groups in total. The third-order valence-electron chi connectivity index (χ3n) is 4.25. The highest BCUT2D eigenvalue weighted by atomic mass is 15.5. The van der Waals surface area contributed by atoms with Crippen molar-refractivity contribution in [3.63, 3.8) is 0 Å². The summed E-state index contributed by atoms with van der Waals surface area (Å²) in [6, 6.07) is 9.14. The lowest BCUT2D eigenvalue weighted by molar-refractivity contribution is 0.330. The Morgan fingerprint density at radius 1 is 1.19 bits per heavy atom. The summed E-state index contributed by atoms with van der Waals surface area (Å²) in [6.45, 7) is 9.00. The highest BCUT2D eigenvalue weighted by Crippen LogP contribution is 2.20. The molecule has 0 aliphatic rings. The van der Waals surface area contributed by atoms with Crippen molar-refractivity contribution in [2.45, 2.75) is 52.6 Å². The van der Waals surface area contributed by atoms with E-state index in [1.165, 1.54) is 18.4 Å². The molecule has 0 spiro atoms. The van der Waals surface area contributed by atoms with Crippen LogP contribution in [0.25, 0.3) is 5.69 Å². The van der Waals surface area contributed by atoms with Crippen molar-refractivity contribution < 1.29 is 0 Å². The first-order valence-corrected chi connectivity index (χ1v) is 7.75. The molecule has 5 nitrogen and oxygen atoms in total. The largest absolute Gasteiger partial charge is 0.307 e. The van der Waals surface area contributed by atoms with Crippen molar-refractivity contribution in [2.24, 2.45) is 5.92 Å².